The summed E-state index contributed by atoms with van der Waals surface area (Å²) < 4.78 is 5.15. The number of hydrogen-bond acceptors (Lipinski definition) is 5. The van der Waals surface area contributed by atoms with Crippen molar-refractivity contribution < 1.29 is 4.74 Å². The van der Waals surface area contributed by atoms with Gasteiger partial charge in [-0.25, -0.2) is 0 Å². The summed E-state index contributed by atoms with van der Waals surface area (Å²) in [6.45, 7) is 4.68. The van der Waals surface area contributed by atoms with Crippen molar-refractivity contribution in [2.75, 3.05) is 24.8 Å². The lowest BCUT2D eigenvalue weighted by atomic mass is 9.75. The van der Waals surface area contributed by atoms with Gasteiger partial charge >= 0.3 is 0 Å². The molecule has 1 aromatic heterocycles. The minimum absolute atomic E-state index is 0.261. The first-order valence-electron chi connectivity index (χ1n) is 6.83. The van der Waals surface area contributed by atoms with Gasteiger partial charge in [-0.3, -0.25) is 0 Å². The molecule has 0 amide bonds. The second-order valence-electron chi connectivity index (χ2n) is 6.13. The van der Waals surface area contributed by atoms with Crippen LogP contribution in [0.15, 0.2) is 6.07 Å². The first kappa shape index (κ1) is 13.9. The van der Waals surface area contributed by atoms with E-state index in [4.69, 9.17) is 10.5 Å². The largest absolute Gasteiger partial charge is 0.481 e. The summed E-state index contributed by atoms with van der Waals surface area (Å²) in [6.07, 6.45) is 4.88. The monoisotopic (exact) mass is 264 g/mol. The standard InChI is InChI=1S/C14H24N4O/c1-14(2)7-5-10(6-8-14)18(3)11-9-12(19-4)17-13(15)16-11/h9-10H,5-8H2,1-4H3,(H2,15,16,17). The van der Waals surface area contributed by atoms with E-state index in [2.05, 4.69) is 35.8 Å². The Kier molecular flexibility index (Phi) is 3.83. The molecule has 19 heavy (non-hydrogen) atoms. The van der Waals surface area contributed by atoms with Crippen LogP contribution in [0.2, 0.25) is 0 Å². The summed E-state index contributed by atoms with van der Waals surface area (Å²) >= 11 is 0. The lowest BCUT2D eigenvalue weighted by Crippen LogP contribution is -2.37. The number of anilines is 2. The average Bonchev–Trinajstić information content (AvgIpc) is 2.37. The summed E-state index contributed by atoms with van der Waals surface area (Å²) in [5.74, 6) is 1.62. The van der Waals surface area contributed by atoms with Crippen LogP contribution in [0.4, 0.5) is 11.8 Å². The topological polar surface area (TPSA) is 64.3 Å². The van der Waals surface area contributed by atoms with Gasteiger partial charge in [0.15, 0.2) is 0 Å². The molecule has 106 valence electrons. The quantitative estimate of drug-likeness (QED) is 0.908. The Morgan fingerprint density at radius 2 is 1.95 bits per heavy atom. The molecular weight excluding hydrogens is 240 g/mol. The highest BCUT2D eigenvalue weighted by atomic mass is 16.5. The zero-order valence-corrected chi connectivity index (χ0v) is 12.3. The van der Waals surface area contributed by atoms with Crippen molar-refractivity contribution in [3.05, 3.63) is 6.07 Å². The second kappa shape index (κ2) is 5.23. The Morgan fingerprint density at radius 1 is 1.32 bits per heavy atom. The molecular formula is C14H24N4O. The SMILES string of the molecule is COc1cc(N(C)C2CCC(C)(C)CC2)nc(N)n1. The summed E-state index contributed by atoms with van der Waals surface area (Å²) in [6, 6.07) is 2.36. The van der Waals surface area contributed by atoms with Crippen LogP contribution in [0.3, 0.4) is 0 Å². The highest BCUT2D eigenvalue weighted by Crippen LogP contribution is 2.37. The third-order valence-electron chi connectivity index (χ3n) is 4.13. The molecule has 0 aliphatic heterocycles. The van der Waals surface area contributed by atoms with Gasteiger partial charge in [0.25, 0.3) is 0 Å². The molecule has 1 heterocycles. The van der Waals surface area contributed by atoms with Gasteiger partial charge in [0.05, 0.1) is 7.11 Å². The van der Waals surface area contributed by atoms with E-state index in [1.807, 2.05) is 6.07 Å². The van der Waals surface area contributed by atoms with Crippen molar-refractivity contribution in [2.24, 2.45) is 5.41 Å². The van der Waals surface area contributed by atoms with E-state index in [1.54, 1.807) is 7.11 Å². The van der Waals surface area contributed by atoms with E-state index in [1.165, 1.54) is 25.7 Å². The van der Waals surface area contributed by atoms with Crippen molar-refractivity contribution in [3.63, 3.8) is 0 Å². The van der Waals surface area contributed by atoms with Crippen molar-refractivity contribution in [1.82, 2.24) is 9.97 Å². The number of aromatic nitrogens is 2. The van der Waals surface area contributed by atoms with Crippen LogP contribution < -0.4 is 15.4 Å². The molecule has 5 heteroatoms. The van der Waals surface area contributed by atoms with Crippen LogP contribution in [0.1, 0.15) is 39.5 Å². The summed E-state index contributed by atoms with van der Waals surface area (Å²) in [4.78, 5) is 10.5. The zero-order chi connectivity index (χ0) is 14.0. The molecule has 0 aromatic carbocycles. The highest BCUT2D eigenvalue weighted by molar-refractivity contribution is 5.45. The van der Waals surface area contributed by atoms with Crippen molar-refractivity contribution in [2.45, 2.75) is 45.6 Å². The molecule has 0 atom stereocenters. The molecule has 2 N–H and O–H groups in total. The maximum Gasteiger partial charge on any atom is 0.225 e. The fraction of sp³-hybridized carbons (Fsp3) is 0.714. The summed E-state index contributed by atoms with van der Waals surface area (Å²) in [5.41, 5.74) is 6.19. The Balaban J connectivity index is 2.11. The molecule has 0 bridgehead atoms. The van der Waals surface area contributed by atoms with E-state index in [9.17, 15) is 0 Å². The molecule has 2 rings (SSSR count). The molecule has 0 radical (unpaired) electrons. The lowest BCUT2D eigenvalue weighted by Gasteiger charge is -2.39. The van der Waals surface area contributed by atoms with E-state index in [-0.39, 0.29) is 5.95 Å². The number of hydrogen-bond donors (Lipinski definition) is 1. The van der Waals surface area contributed by atoms with E-state index < -0.39 is 0 Å². The Hall–Kier alpha value is -1.52. The van der Waals surface area contributed by atoms with Gasteiger partial charge in [0.1, 0.15) is 5.82 Å². The first-order valence-corrected chi connectivity index (χ1v) is 6.83. The van der Waals surface area contributed by atoms with E-state index in [0.717, 1.165) is 5.82 Å². The van der Waals surface area contributed by atoms with Crippen molar-refractivity contribution >= 4 is 11.8 Å². The third kappa shape index (κ3) is 3.28. The lowest BCUT2D eigenvalue weighted by molar-refractivity contribution is 0.222. The van der Waals surface area contributed by atoms with E-state index in [0.29, 0.717) is 17.3 Å². The van der Waals surface area contributed by atoms with Gasteiger partial charge in [-0.05, 0) is 31.1 Å². The fourth-order valence-corrected chi connectivity index (χ4v) is 2.67. The molecule has 5 nitrogen and oxygen atoms in total. The van der Waals surface area contributed by atoms with Gasteiger partial charge < -0.3 is 15.4 Å². The van der Waals surface area contributed by atoms with Crippen LogP contribution >= 0.6 is 0 Å². The Morgan fingerprint density at radius 3 is 2.53 bits per heavy atom. The van der Waals surface area contributed by atoms with Gasteiger partial charge in [-0.1, -0.05) is 13.8 Å². The average molecular weight is 264 g/mol. The molecule has 1 saturated carbocycles. The maximum absolute atomic E-state index is 5.72. The van der Waals surface area contributed by atoms with Gasteiger partial charge in [-0.2, -0.15) is 9.97 Å². The van der Waals surface area contributed by atoms with Crippen LogP contribution in [-0.4, -0.2) is 30.2 Å². The molecule has 1 aromatic rings. The molecule has 0 unspecified atom stereocenters. The van der Waals surface area contributed by atoms with Gasteiger partial charge in [-0.15, -0.1) is 0 Å². The van der Waals surface area contributed by atoms with Crippen molar-refractivity contribution in [1.29, 1.82) is 0 Å². The zero-order valence-electron chi connectivity index (χ0n) is 12.3. The number of nitrogens with two attached hydrogens (primary N) is 1. The fourth-order valence-electron chi connectivity index (χ4n) is 2.67. The summed E-state index contributed by atoms with van der Waals surface area (Å²) in [7, 11) is 3.67. The molecule has 0 saturated heterocycles. The second-order valence-corrected chi connectivity index (χ2v) is 6.13. The smallest absolute Gasteiger partial charge is 0.225 e. The van der Waals surface area contributed by atoms with Crippen molar-refractivity contribution in [3.8, 4) is 5.88 Å². The van der Waals surface area contributed by atoms with E-state index >= 15 is 0 Å². The normalized spacial score (nSPS) is 19.2. The molecule has 1 aliphatic carbocycles. The number of ether oxygens (including phenoxy) is 1. The Bertz CT molecular complexity index is 437. The minimum atomic E-state index is 0.261. The minimum Gasteiger partial charge on any atom is -0.481 e. The predicted molar refractivity (Wildman–Crippen MR) is 77.4 cm³/mol. The molecule has 0 spiro atoms. The van der Waals surface area contributed by atoms with Crippen LogP contribution in [0, 0.1) is 5.41 Å². The number of rotatable bonds is 3. The number of nitrogen functional groups attached to an aromatic ring is 1. The van der Waals surface area contributed by atoms with Gasteiger partial charge in [0, 0.05) is 19.2 Å². The first-order chi connectivity index (χ1) is 8.91. The molecule has 1 aliphatic rings. The summed E-state index contributed by atoms with van der Waals surface area (Å²) in [5, 5.41) is 0. The van der Waals surface area contributed by atoms with Gasteiger partial charge in [0.2, 0.25) is 11.8 Å². The Labute approximate surface area is 115 Å². The maximum atomic E-state index is 5.72. The van der Waals surface area contributed by atoms with Crippen LogP contribution in [0.5, 0.6) is 5.88 Å². The third-order valence-corrected chi connectivity index (χ3v) is 4.13. The van der Waals surface area contributed by atoms with Crippen LogP contribution in [-0.2, 0) is 0 Å². The molecule has 1 fully saturated rings. The number of methoxy groups -OCH3 is 1. The number of nitrogens with zero attached hydrogens (tertiary/aromatic N) is 3. The van der Waals surface area contributed by atoms with Crippen LogP contribution in [0.25, 0.3) is 0 Å². The predicted octanol–water partition coefficient (Wildman–Crippen LogP) is 2.47. The highest BCUT2D eigenvalue weighted by Gasteiger charge is 2.29.